The molecule has 2 aliphatic heterocycles. The van der Waals surface area contributed by atoms with Crippen molar-refractivity contribution in [2.24, 2.45) is 0 Å². The topological polar surface area (TPSA) is 41.6 Å². The van der Waals surface area contributed by atoms with Crippen molar-refractivity contribution in [3.05, 3.63) is 29.8 Å². The molecule has 0 bridgehead atoms. The summed E-state index contributed by atoms with van der Waals surface area (Å²) >= 11 is 0. The molecule has 2 aliphatic rings. The third-order valence-corrected chi connectivity index (χ3v) is 2.94. The van der Waals surface area contributed by atoms with Gasteiger partial charge in [0.25, 0.3) is 0 Å². The van der Waals surface area contributed by atoms with Gasteiger partial charge in [-0.05, 0) is 6.07 Å². The Morgan fingerprint density at radius 2 is 2.27 bits per heavy atom. The summed E-state index contributed by atoms with van der Waals surface area (Å²) in [5.41, 5.74) is 1.12. The smallest absolute Gasteiger partial charge is 0.318 e. The van der Waals surface area contributed by atoms with Gasteiger partial charge in [0.15, 0.2) is 0 Å². The monoisotopic (exact) mass is 204 g/mol. The minimum Gasteiger partial charge on any atom is -0.491 e. The van der Waals surface area contributed by atoms with Gasteiger partial charge >= 0.3 is 6.03 Å². The summed E-state index contributed by atoms with van der Waals surface area (Å²) in [4.78, 5) is 13.4. The lowest BCUT2D eigenvalue weighted by molar-refractivity contribution is 0.182. The Hall–Kier alpha value is -1.71. The molecule has 1 unspecified atom stereocenters. The maximum absolute atomic E-state index is 11.5. The van der Waals surface area contributed by atoms with Gasteiger partial charge in [0.05, 0.1) is 6.04 Å². The number of amides is 2. The third kappa shape index (κ3) is 1.25. The summed E-state index contributed by atoms with van der Waals surface area (Å²) in [6, 6.07) is 8.01. The highest BCUT2D eigenvalue weighted by atomic mass is 16.5. The van der Waals surface area contributed by atoms with Gasteiger partial charge in [-0.3, -0.25) is 0 Å². The predicted molar refractivity (Wildman–Crippen MR) is 54.8 cm³/mol. The molecule has 3 rings (SSSR count). The molecule has 0 radical (unpaired) electrons. The van der Waals surface area contributed by atoms with E-state index >= 15 is 0 Å². The van der Waals surface area contributed by atoms with E-state index < -0.39 is 0 Å². The van der Waals surface area contributed by atoms with Crippen LogP contribution in [-0.4, -0.2) is 30.6 Å². The summed E-state index contributed by atoms with van der Waals surface area (Å²) < 4.78 is 5.55. The Kier molecular flexibility index (Phi) is 1.80. The van der Waals surface area contributed by atoms with E-state index in [2.05, 4.69) is 5.32 Å². The summed E-state index contributed by atoms with van der Waals surface area (Å²) in [7, 11) is 0. The van der Waals surface area contributed by atoms with Crippen LogP contribution in [0.3, 0.4) is 0 Å². The molecular formula is C11H12N2O2. The highest BCUT2D eigenvalue weighted by molar-refractivity contribution is 5.77. The molecule has 4 heteroatoms. The lowest BCUT2D eigenvalue weighted by Crippen LogP contribution is -2.33. The van der Waals surface area contributed by atoms with E-state index in [0.29, 0.717) is 6.61 Å². The zero-order valence-electron chi connectivity index (χ0n) is 8.27. The zero-order chi connectivity index (χ0) is 10.3. The van der Waals surface area contributed by atoms with Crippen LogP contribution in [0.2, 0.25) is 0 Å². The van der Waals surface area contributed by atoms with Crippen molar-refractivity contribution in [2.75, 3.05) is 19.7 Å². The van der Waals surface area contributed by atoms with Crippen molar-refractivity contribution in [1.29, 1.82) is 0 Å². The molecule has 1 aromatic carbocycles. The summed E-state index contributed by atoms with van der Waals surface area (Å²) in [6.07, 6.45) is 0. The number of ether oxygens (including phenoxy) is 1. The van der Waals surface area contributed by atoms with Gasteiger partial charge in [-0.1, -0.05) is 18.2 Å². The third-order valence-electron chi connectivity index (χ3n) is 2.94. The van der Waals surface area contributed by atoms with Crippen LogP contribution in [0.15, 0.2) is 24.3 Å². The summed E-state index contributed by atoms with van der Waals surface area (Å²) in [5.74, 6) is 0.905. The molecule has 0 saturated carbocycles. The minimum absolute atomic E-state index is 0.0142. The van der Waals surface area contributed by atoms with Crippen LogP contribution in [0, 0.1) is 0 Å². The van der Waals surface area contributed by atoms with Crippen LogP contribution in [0.5, 0.6) is 5.75 Å². The van der Waals surface area contributed by atoms with Crippen molar-refractivity contribution in [2.45, 2.75) is 6.04 Å². The molecule has 0 spiro atoms. The van der Waals surface area contributed by atoms with Crippen LogP contribution in [0.25, 0.3) is 0 Å². The molecule has 0 aromatic heterocycles. The second-order valence-electron chi connectivity index (χ2n) is 3.79. The van der Waals surface area contributed by atoms with Gasteiger partial charge in [-0.15, -0.1) is 0 Å². The number of hydrogen-bond donors (Lipinski definition) is 1. The van der Waals surface area contributed by atoms with Crippen LogP contribution in [0.1, 0.15) is 11.6 Å². The molecule has 1 aromatic rings. The number of nitrogens with zero attached hydrogens (tertiary/aromatic N) is 1. The van der Waals surface area contributed by atoms with E-state index in [1.54, 1.807) is 0 Å². The van der Waals surface area contributed by atoms with Crippen molar-refractivity contribution < 1.29 is 9.53 Å². The van der Waals surface area contributed by atoms with E-state index in [4.69, 9.17) is 4.74 Å². The van der Waals surface area contributed by atoms with E-state index in [1.807, 2.05) is 29.2 Å². The number of para-hydroxylation sites is 1. The quantitative estimate of drug-likeness (QED) is 0.745. The van der Waals surface area contributed by atoms with Gasteiger partial charge in [0.1, 0.15) is 12.4 Å². The molecule has 0 aliphatic carbocycles. The Bertz CT molecular complexity index is 405. The maximum atomic E-state index is 11.5. The zero-order valence-corrected chi connectivity index (χ0v) is 8.27. The Labute approximate surface area is 87.8 Å². The maximum Gasteiger partial charge on any atom is 0.318 e. The molecule has 4 nitrogen and oxygen atoms in total. The number of carbonyl (C=O) groups is 1. The van der Waals surface area contributed by atoms with E-state index in [0.717, 1.165) is 24.4 Å². The normalized spacial score (nSPS) is 23.6. The van der Waals surface area contributed by atoms with Gasteiger partial charge < -0.3 is 15.0 Å². The Morgan fingerprint density at radius 1 is 1.40 bits per heavy atom. The van der Waals surface area contributed by atoms with Gasteiger partial charge in [-0.25, -0.2) is 4.79 Å². The average Bonchev–Trinajstić information content (AvgIpc) is 2.83. The number of fused-ring (bicyclic) bond motifs is 1. The van der Waals surface area contributed by atoms with Crippen molar-refractivity contribution >= 4 is 6.03 Å². The number of carbonyl (C=O) groups excluding carboxylic acids is 1. The fourth-order valence-electron chi connectivity index (χ4n) is 2.19. The Balaban J connectivity index is 1.93. The first-order chi connectivity index (χ1) is 7.36. The molecule has 1 atom stereocenters. The van der Waals surface area contributed by atoms with Crippen LogP contribution in [0.4, 0.5) is 4.79 Å². The first-order valence-electron chi connectivity index (χ1n) is 5.12. The highest BCUT2D eigenvalue weighted by Gasteiger charge is 2.34. The molecular weight excluding hydrogens is 192 g/mol. The van der Waals surface area contributed by atoms with Crippen LogP contribution >= 0.6 is 0 Å². The van der Waals surface area contributed by atoms with Gasteiger partial charge in [0, 0.05) is 18.7 Å². The van der Waals surface area contributed by atoms with Crippen molar-refractivity contribution in [3.8, 4) is 5.75 Å². The number of benzene rings is 1. The highest BCUT2D eigenvalue weighted by Crippen LogP contribution is 2.36. The van der Waals surface area contributed by atoms with Crippen molar-refractivity contribution in [1.82, 2.24) is 10.2 Å². The second kappa shape index (κ2) is 3.15. The van der Waals surface area contributed by atoms with E-state index in [1.165, 1.54) is 0 Å². The molecule has 1 N–H and O–H groups in total. The fourth-order valence-corrected chi connectivity index (χ4v) is 2.19. The number of urea groups is 1. The molecule has 1 fully saturated rings. The number of rotatable bonds is 1. The summed E-state index contributed by atoms with van der Waals surface area (Å²) in [6.45, 7) is 2.07. The average molecular weight is 204 g/mol. The molecule has 78 valence electrons. The predicted octanol–water partition coefficient (Wildman–Crippen LogP) is 1.15. The number of nitrogens with one attached hydrogen (secondary N) is 1. The lowest BCUT2D eigenvalue weighted by atomic mass is 10.1. The van der Waals surface area contributed by atoms with E-state index in [-0.39, 0.29) is 12.1 Å². The minimum atomic E-state index is 0.0142. The molecule has 1 saturated heterocycles. The Morgan fingerprint density at radius 3 is 3.07 bits per heavy atom. The molecule has 15 heavy (non-hydrogen) atoms. The van der Waals surface area contributed by atoms with Crippen molar-refractivity contribution in [3.63, 3.8) is 0 Å². The molecule has 2 heterocycles. The fraction of sp³-hybridized carbons (Fsp3) is 0.364. The van der Waals surface area contributed by atoms with Crippen LogP contribution < -0.4 is 10.1 Å². The van der Waals surface area contributed by atoms with Gasteiger partial charge in [-0.2, -0.15) is 0 Å². The SMILES string of the molecule is O=C1NCCN1C1COc2ccccc21. The van der Waals surface area contributed by atoms with E-state index in [9.17, 15) is 4.79 Å². The molecule has 2 amide bonds. The largest absolute Gasteiger partial charge is 0.491 e. The number of hydrogen-bond acceptors (Lipinski definition) is 2. The van der Waals surface area contributed by atoms with Gasteiger partial charge in [0.2, 0.25) is 0 Å². The summed E-state index contributed by atoms with van der Waals surface area (Å²) in [5, 5.41) is 2.81. The second-order valence-corrected chi connectivity index (χ2v) is 3.79. The van der Waals surface area contributed by atoms with Crippen LogP contribution in [-0.2, 0) is 0 Å². The first-order valence-corrected chi connectivity index (χ1v) is 5.12. The lowest BCUT2D eigenvalue weighted by Gasteiger charge is -2.21. The standard InChI is InChI=1S/C11H12N2O2/c14-11-12-5-6-13(11)9-7-15-10-4-2-1-3-8(9)10/h1-4,9H,5-7H2,(H,12,14). The first kappa shape index (κ1) is 8.59.